The molecule has 0 saturated heterocycles. The van der Waals surface area contributed by atoms with Gasteiger partial charge in [0.2, 0.25) is 0 Å². The van der Waals surface area contributed by atoms with Gasteiger partial charge in [0, 0.05) is 24.1 Å². The Hall–Kier alpha value is -3.56. The molecule has 0 saturated carbocycles. The Kier molecular flexibility index (Phi) is 6.61. The second-order valence-corrected chi connectivity index (χ2v) is 9.29. The molecule has 35 heavy (non-hydrogen) atoms. The maximum Gasteiger partial charge on any atom is 0.253 e. The monoisotopic (exact) mass is 507 g/mol. The van der Waals surface area contributed by atoms with E-state index in [9.17, 15) is 4.79 Å². The van der Waals surface area contributed by atoms with Gasteiger partial charge in [-0.05, 0) is 54.1 Å². The number of thioether (sulfide) groups is 1. The lowest BCUT2D eigenvalue weighted by Gasteiger charge is -2.19. The fourth-order valence-corrected chi connectivity index (χ4v) is 4.77. The van der Waals surface area contributed by atoms with Crippen LogP contribution in [0.15, 0.2) is 81.6 Å². The number of hydrogen-bond donors (Lipinski definition) is 0. The fourth-order valence-electron chi connectivity index (χ4n) is 3.88. The quantitative estimate of drug-likeness (QED) is 0.319. The lowest BCUT2D eigenvalue weighted by atomic mass is 10.0. The SMILES string of the molecule is COc1ccc(-c2nnc(SCC(=O)N3N=C(c4ccc(Cl)cc4)CC3c3ccco3)n2C)cc1. The Morgan fingerprint density at radius 3 is 2.54 bits per heavy atom. The fraction of sp³-hybridized carbons (Fsp3) is 0.200. The van der Waals surface area contributed by atoms with Crippen LogP contribution in [0.25, 0.3) is 11.4 Å². The highest BCUT2D eigenvalue weighted by Crippen LogP contribution is 2.34. The van der Waals surface area contributed by atoms with Crippen LogP contribution in [0, 0.1) is 0 Å². The number of methoxy groups -OCH3 is 1. The molecule has 2 aromatic carbocycles. The highest BCUT2D eigenvalue weighted by molar-refractivity contribution is 7.99. The van der Waals surface area contributed by atoms with Gasteiger partial charge in [-0.3, -0.25) is 4.79 Å². The number of hydrazone groups is 1. The first-order valence-corrected chi connectivity index (χ1v) is 12.3. The summed E-state index contributed by atoms with van der Waals surface area (Å²) in [7, 11) is 3.51. The molecule has 1 aliphatic heterocycles. The molecule has 178 valence electrons. The Morgan fingerprint density at radius 1 is 1.11 bits per heavy atom. The van der Waals surface area contributed by atoms with Gasteiger partial charge in [0.15, 0.2) is 11.0 Å². The minimum atomic E-state index is -0.307. The van der Waals surface area contributed by atoms with Gasteiger partial charge in [-0.15, -0.1) is 10.2 Å². The average Bonchev–Trinajstić information content (AvgIpc) is 3.63. The molecule has 10 heteroatoms. The standard InChI is InChI=1S/C25H22ClN5O3S/c1-30-24(17-7-11-19(33-2)12-8-17)27-28-25(30)35-15-23(32)31-21(22-4-3-13-34-22)14-20(29-31)16-5-9-18(26)10-6-16/h3-13,21H,14-15H2,1-2H3. The molecule has 0 aliphatic carbocycles. The zero-order valence-electron chi connectivity index (χ0n) is 19.1. The van der Waals surface area contributed by atoms with Gasteiger partial charge in [0.05, 0.1) is 24.8 Å². The molecule has 1 atom stereocenters. The van der Waals surface area contributed by atoms with Gasteiger partial charge in [-0.1, -0.05) is 35.5 Å². The summed E-state index contributed by atoms with van der Waals surface area (Å²) >= 11 is 7.35. The van der Waals surface area contributed by atoms with Crippen molar-refractivity contribution in [2.45, 2.75) is 17.6 Å². The lowest BCUT2D eigenvalue weighted by Crippen LogP contribution is -2.28. The van der Waals surface area contributed by atoms with Crippen molar-refractivity contribution >= 4 is 35.0 Å². The van der Waals surface area contributed by atoms with E-state index in [1.807, 2.05) is 72.3 Å². The molecule has 3 heterocycles. The number of hydrogen-bond acceptors (Lipinski definition) is 7. The topological polar surface area (TPSA) is 85.8 Å². The van der Waals surface area contributed by atoms with E-state index in [4.69, 9.17) is 20.8 Å². The van der Waals surface area contributed by atoms with Crippen molar-refractivity contribution in [3.8, 4) is 17.1 Å². The molecular weight excluding hydrogens is 486 g/mol. The first kappa shape index (κ1) is 23.2. The summed E-state index contributed by atoms with van der Waals surface area (Å²) in [4.78, 5) is 13.3. The Bertz CT molecular complexity index is 1350. The maximum atomic E-state index is 13.3. The summed E-state index contributed by atoms with van der Waals surface area (Å²) in [5, 5.41) is 16.0. The summed E-state index contributed by atoms with van der Waals surface area (Å²) in [6.07, 6.45) is 2.16. The Balaban J connectivity index is 1.33. The maximum absolute atomic E-state index is 13.3. The molecule has 5 rings (SSSR count). The number of furan rings is 1. The highest BCUT2D eigenvalue weighted by Gasteiger charge is 2.35. The second-order valence-electron chi connectivity index (χ2n) is 7.91. The number of rotatable bonds is 7. The number of amides is 1. The number of aromatic nitrogens is 3. The van der Waals surface area contributed by atoms with Gasteiger partial charge in [0.25, 0.3) is 5.91 Å². The van der Waals surface area contributed by atoms with Gasteiger partial charge >= 0.3 is 0 Å². The van der Waals surface area contributed by atoms with Crippen molar-refractivity contribution in [3.05, 3.63) is 83.3 Å². The molecule has 0 N–H and O–H groups in total. The third-order valence-corrected chi connectivity index (χ3v) is 6.98. The third kappa shape index (κ3) is 4.82. The largest absolute Gasteiger partial charge is 0.497 e. The first-order valence-electron chi connectivity index (χ1n) is 10.9. The molecule has 8 nitrogen and oxygen atoms in total. The van der Waals surface area contributed by atoms with Gasteiger partial charge in [-0.2, -0.15) is 5.10 Å². The molecule has 1 aliphatic rings. The van der Waals surface area contributed by atoms with Crippen molar-refractivity contribution in [2.24, 2.45) is 12.1 Å². The van der Waals surface area contributed by atoms with Gasteiger partial charge < -0.3 is 13.7 Å². The molecular formula is C25H22ClN5O3S. The van der Waals surface area contributed by atoms with Crippen LogP contribution in [-0.4, -0.2) is 44.3 Å². The summed E-state index contributed by atoms with van der Waals surface area (Å²) < 4.78 is 12.7. The lowest BCUT2D eigenvalue weighted by molar-refractivity contribution is -0.130. The predicted molar refractivity (Wildman–Crippen MR) is 135 cm³/mol. The van der Waals surface area contributed by atoms with E-state index < -0.39 is 0 Å². The normalized spacial score (nSPS) is 15.3. The number of ether oxygens (including phenoxy) is 1. The molecule has 1 unspecified atom stereocenters. The minimum absolute atomic E-state index is 0.144. The van der Waals surface area contributed by atoms with Crippen molar-refractivity contribution in [3.63, 3.8) is 0 Å². The first-order chi connectivity index (χ1) is 17.0. The van der Waals surface area contributed by atoms with Crippen LogP contribution in [0.4, 0.5) is 0 Å². The van der Waals surface area contributed by atoms with Crippen LogP contribution in [0.2, 0.25) is 5.02 Å². The zero-order chi connectivity index (χ0) is 24.4. The van der Waals surface area contributed by atoms with Crippen molar-refractivity contribution in [2.75, 3.05) is 12.9 Å². The highest BCUT2D eigenvalue weighted by atomic mass is 35.5. The molecule has 0 radical (unpaired) electrons. The van der Waals surface area contributed by atoms with Crippen LogP contribution in [0.1, 0.15) is 23.8 Å². The Labute approximate surface area is 211 Å². The van der Waals surface area contributed by atoms with Crippen molar-refractivity contribution < 1.29 is 13.9 Å². The van der Waals surface area contributed by atoms with E-state index in [0.717, 1.165) is 22.6 Å². The van der Waals surface area contributed by atoms with Crippen molar-refractivity contribution in [1.82, 2.24) is 19.8 Å². The van der Waals surface area contributed by atoms with E-state index >= 15 is 0 Å². The smallest absolute Gasteiger partial charge is 0.253 e. The van der Waals surface area contributed by atoms with E-state index in [1.54, 1.807) is 13.4 Å². The Morgan fingerprint density at radius 2 is 1.86 bits per heavy atom. The van der Waals surface area contributed by atoms with Crippen LogP contribution in [-0.2, 0) is 11.8 Å². The molecule has 0 bridgehead atoms. The van der Waals surface area contributed by atoms with Crippen molar-refractivity contribution in [1.29, 1.82) is 0 Å². The van der Waals surface area contributed by atoms with Gasteiger partial charge in [-0.25, -0.2) is 5.01 Å². The molecule has 1 amide bonds. The van der Waals surface area contributed by atoms with E-state index in [1.165, 1.54) is 16.8 Å². The molecule has 0 fully saturated rings. The van der Waals surface area contributed by atoms with Crippen LogP contribution < -0.4 is 4.74 Å². The second kappa shape index (κ2) is 9.97. The summed E-state index contributed by atoms with van der Waals surface area (Å²) in [6, 6.07) is 18.4. The number of carbonyl (C=O) groups is 1. The number of nitrogens with zero attached hydrogens (tertiary/aromatic N) is 5. The summed E-state index contributed by atoms with van der Waals surface area (Å²) in [5.74, 6) is 2.18. The van der Waals surface area contributed by atoms with Crippen LogP contribution in [0.3, 0.4) is 0 Å². The summed E-state index contributed by atoms with van der Waals surface area (Å²) in [5.41, 5.74) is 2.64. The third-order valence-electron chi connectivity index (χ3n) is 5.72. The minimum Gasteiger partial charge on any atom is -0.497 e. The van der Waals surface area contributed by atoms with Crippen LogP contribution >= 0.6 is 23.4 Å². The molecule has 4 aromatic rings. The van der Waals surface area contributed by atoms with Gasteiger partial charge in [0.1, 0.15) is 17.6 Å². The molecule has 0 spiro atoms. The van der Waals surface area contributed by atoms with E-state index in [0.29, 0.717) is 28.2 Å². The number of halogens is 1. The predicted octanol–water partition coefficient (Wildman–Crippen LogP) is 5.21. The van der Waals surface area contributed by atoms with E-state index in [-0.39, 0.29) is 17.7 Å². The van der Waals surface area contributed by atoms with Crippen LogP contribution in [0.5, 0.6) is 5.75 Å². The average molecular weight is 508 g/mol. The molecule has 2 aromatic heterocycles. The zero-order valence-corrected chi connectivity index (χ0v) is 20.7. The van der Waals surface area contributed by atoms with E-state index in [2.05, 4.69) is 15.3 Å². The number of carbonyl (C=O) groups excluding carboxylic acids is 1. The number of benzene rings is 2. The summed E-state index contributed by atoms with van der Waals surface area (Å²) in [6.45, 7) is 0.